The zero-order valence-electron chi connectivity index (χ0n) is 13.5. The minimum atomic E-state index is -3.52. The Morgan fingerprint density at radius 3 is 2.39 bits per heavy atom. The second-order valence-electron chi connectivity index (χ2n) is 6.61. The van der Waals surface area contributed by atoms with Gasteiger partial charge in [-0.2, -0.15) is 0 Å². The monoisotopic (exact) mass is 336 g/mol. The molecule has 3 rings (SSSR count). The van der Waals surface area contributed by atoms with E-state index in [-0.39, 0.29) is 22.6 Å². The van der Waals surface area contributed by atoms with Crippen molar-refractivity contribution in [2.45, 2.75) is 43.5 Å². The van der Waals surface area contributed by atoms with Gasteiger partial charge in [0.2, 0.25) is 10.0 Å². The third-order valence-corrected chi connectivity index (χ3v) is 6.17. The van der Waals surface area contributed by atoms with Crippen LogP contribution in [0, 0.1) is 5.92 Å². The van der Waals surface area contributed by atoms with E-state index in [1.54, 1.807) is 12.1 Å². The third kappa shape index (κ3) is 4.00. The van der Waals surface area contributed by atoms with E-state index in [0.717, 1.165) is 25.9 Å². The van der Waals surface area contributed by atoms with E-state index in [1.165, 1.54) is 25.0 Å². The molecule has 1 aromatic carbocycles. The standard InChI is InChI=1S/C17H24N2O3S/c1-13(19-10-2-3-11-19)12-18-23(21,22)16-8-6-15(7-9-16)17(20)14-4-5-14/h6-9,13-14,18H,2-5,10-12H2,1H3. The number of sulfonamides is 1. The van der Waals surface area contributed by atoms with Gasteiger partial charge in [0, 0.05) is 24.1 Å². The summed E-state index contributed by atoms with van der Waals surface area (Å²) in [6.45, 7) is 4.54. The minimum absolute atomic E-state index is 0.129. The minimum Gasteiger partial charge on any atom is -0.299 e. The Morgan fingerprint density at radius 1 is 1.22 bits per heavy atom. The number of hydrogen-bond acceptors (Lipinski definition) is 4. The number of hydrogen-bond donors (Lipinski definition) is 1. The van der Waals surface area contributed by atoms with E-state index < -0.39 is 10.0 Å². The first kappa shape index (κ1) is 16.6. The number of benzene rings is 1. The smallest absolute Gasteiger partial charge is 0.240 e. The highest BCUT2D eigenvalue weighted by molar-refractivity contribution is 7.89. The van der Waals surface area contributed by atoms with Crippen LogP contribution in [0.4, 0.5) is 0 Å². The SMILES string of the molecule is CC(CNS(=O)(=O)c1ccc(C(=O)C2CC2)cc1)N1CCCC1. The van der Waals surface area contributed by atoms with Crippen LogP contribution < -0.4 is 4.72 Å². The molecule has 1 unspecified atom stereocenters. The van der Waals surface area contributed by atoms with Gasteiger partial charge in [0.25, 0.3) is 0 Å². The predicted octanol–water partition coefficient (Wildman–Crippen LogP) is 2.04. The van der Waals surface area contributed by atoms with Gasteiger partial charge in [-0.3, -0.25) is 9.69 Å². The summed E-state index contributed by atoms with van der Waals surface area (Å²) in [4.78, 5) is 14.5. The fraction of sp³-hybridized carbons (Fsp3) is 0.588. The molecule has 2 aliphatic rings. The third-order valence-electron chi connectivity index (χ3n) is 4.73. The van der Waals surface area contributed by atoms with Crippen molar-refractivity contribution >= 4 is 15.8 Å². The van der Waals surface area contributed by atoms with Crippen LogP contribution in [-0.4, -0.2) is 44.8 Å². The lowest BCUT2D eigenvalue weighted by Crippen LogP contribution is -2.40. The van der Waals surface area contributed by atoms with Crippen molar-refractivity contribution < 1.29 is 13.2 Å². The number of nitrogens with zero attached hydrogens (tertiary/aromatic N) is 1. The van der Waals surface area contributed by atoms with Crippen molar-refractivity contribution in [2.24, 2.45) is 5.92 Å². The van der Waals surface area contributed by atoms with Gasteiger partial charge in [-0.1, -0.05) is 12.1 Å². The van der Waals surface area contributed by atoms with Gasteiger partial charge in [-0.15, -0.1) is 0 Å². The normalized spacial score (nSPS) is 20.6. The van der Waals surface area contributed by atoms with E-state index in [1.807, 2.05) is 6.92 Å². The summed E-state index contributed by atoms with van der Waals surface area (Å²) in [7, 11) is -3.52. The zero-order chi connectivity index (χ0) is 16.4. The quantitative estimate of drug-likeness (QED) is 0.774. The Bertz CT molecular complexity index is 660. The van der Waals surface area contributed by atoms with Crippen molar-refractivity contribution in [1.82, 2.24) is 9.62 Å². The largest absolute Gasteiger partial charge is 0.299 e. The molecule has 1 heterocycles. The molecule has 1 atom stereocenters. The van der Waals surface area contributed by atoms with Crippen LogP contribution >= 0.6 is 0 Å². The van der Waals surface area contributed by atoms with Gasteiger partial charge in [0.1, 0.15) is 0 Å². The first-order valence-electron chi connectivity index (χ1n) is 8.35. The van der Waals surface area contributed by atoms with Crippen LogP contribution in [-0.2, 0) is 10.0 Å². The van der Waals surface area contributed by atoms with E-state index >= 15 is 0 Å². The van der Waals surface area contributed by atoms with Gasteiger partial charge in [0.15, 0.2) is 5.78 Å². The van der Waals surface area contributed by atoms with Crippen LogP contribution in [0.1, 0.15) is 43.0 Å². The molecule has 1 aliphatic carbocycles. The molecule has 1 saturated heterocycles. The number of Topliss-reactive ketones (excluding diaryl/α,β-unsaturated/α-hetero) is 1. The molecule has 1 aliphatic heterocycles. The van der Waals surface area contributed by atoms with Crippen LogP contribution in [0.3, 0.4) is 0 Å². The molecule has 0 spiro atoms. The summed E-state index contributed by atoms with van der Waals surface area (Å²) >= 11 is 0. The van der Waals surface area contributed by atoms with Gasteiger partial charge < -0.3 is 0 Å². The van der Waals surface area contributed by atoms with E-state index in [2.05, 4.69) is 9.62 Å². The Balaban J connectivity index is 1.61. The molecule has 0 bridgehead atoms. The number of carbonyl (C=O) groups is 1. The Hall–Kier alpha value is -1.24. The molecule has 1 saturated carbocycles. The number of carbonyl (C=O) groups excluding carboxylic acids is 1. The Labute approximate surface area is 138 Å². The molecule has 1 aromatic rings. The molecule has 0 amide bonds. The maximum absolute atomic E-state index is 12.4. The molecule has 0 aromatic heterocycles. The lowest BCUT2D eigenvalue weighted by Gasteiger charge is -2.23. The van der Waals surface area contributed by atoms with Crippen molar-refractivity contribution in [2.75, 3.05) is 19.6 Å². The van der Waals surface area contributed by atoms with Crippen LogP contribution in [0.25, 0.3) is 0 Å². The summed E-state index contributed by atoms with van der Waals surface area (Å²) in [6, 6.07) is 6.50. The fourth-order valence-corrected chi connectivity index (χ4v) is 4.13. The van der Waals surface area contributed by atoms with Crippen molar-refractivity contribution in [3.8, 4) is 0 Å². The van der Waals surface area contributed by atoms with Crippen molar-refractivity contribution in [3.05, 3.63) is 29.8 Å². The van der Waals surface area contributed by atoms with E-state index in [4.69, 9.17) is 0 Å². The molecule has 0 radical (unpaired) electrons. The summed E-state index contributed by atoms with van der Waals surface area (Å²) in [5, 5.41) is 0. The maximum atomic E-state index is 12.4. The molecule has 126 valence electrons. The van der Waals surface area contributed by atoms with Gasteiger partial charge in [-0.05, 0) is 57.8 Å². The van der Waals surface area contributed by atoms with Crippen LogP contribution in [0.2, 0.25) is 0 Å². The van der Waals surface area contributed by atoms with E-state index in [9.17, 15) is 13.2 Å². The molecule has 6 heteroatoms. The summed E-state index contributed by atoms with van der Waals surface area (Å²) in [5.74, 6) is 0.279. The maximum Gasteiger partial charge on any atom is 0.240 e. The lowest BCUT2D eigenvalue weighted by atomic mass is 10.1. The van der Waals surface area contributed by atoms with Crippen molar-refractivity contribution in [1.29, 1.82) is 0 Å². The molecule has 1 N–H and O–H groups in total. The number of ketones is 1. The highest BCUT2D eigenvalue weighted by Gasteiger charge is 2.30. The molecular weight excluding hydrogens is 312 g/mol. The molecule has 23 heavy (non-hydrogen) atoms. The molecule has 2 fully saturated rings. The fourth-order valence-electron chi connectivity index (χ4n) is 3.00. The zero-order valence-corrected chi connectivity index (χ0v) is 14.3. The first-order chi connectivity index (χ1) is 11.0. The Kier molecular flexibility index (Phi) is 4.85. The number of likely N-dealkylation sites (tertiary alicyclic amines) is 1. The first-order valence-corrected chi connectivity index (χ1v) is 9.84. The highest BCUT2D eigenvalue weighted by atomic mass is 32.2. The molecule has 5 nitrogen and oxygen atoms in total. The van der Waals surface area contributed by atoms with E-state index in [0.29, 0.717) is 12.1 Å². The Morgan fingerprint density at radius 2 is 1.83 bits per heavy atom. The van der Waals surface area contributed by atoms with Crippen LogP contribution in [0.15, 0.2) is 29.2 Å². The van der Waals surface area contributed by atoms with Gasteiger partial charge >= 0.3 is 0 Å². The highest BCUT2D eigenvalue weighted by Crippen LogP contribution is 2.32. The topological polar surface area (TPSA) is 66.5 Å². The molecular formula is C17H24N2O3S. The second-order valence-corrected chi connectivity index (χ2v) is 8.37. The summed E-state index contributed by atoms with van der Waals surface area (Å²) < 4.78 is 27.4. The van der Waals surface area contributed by atoms with Gasteiger partial charge in [-0.25, -0.2) is 13.1 Å². The lowest BCUT2D eigenvalue weighted by molar-refractivity contribution is 0.0967. The van der Waals surface area contributed by atoms with Crippen LogP contribution in [0.5, 0.6) is 0 Å². The van der Waals surface area contributed by atoms with Crippen molar-refractivity contribution in [3.63, 3.8) is 0 Å². The van der Waals surface area contributed by atoms with Gasteiger partial charge in [0.05, 0.1) is 4.90 Å². The number of rotatable bonds is 7. The predicted molar refractivity (Wildman–Crippen MR) is 89.0 cm³/mol. The summed E-state index contributed by atoms with van der Waals surface area (Å²) in [5.41, 5.74) is 0.608. The summed E-state index contributed by atoms with van der Waals surface area (Å²) in [6.07, 6.45) is 4.28. The average Bonchev–Trinajstić information content (AvgIpc) is 3.26. The average molecular weight is 336 g/mol. The second kappa shape index (κ2) is 6.71. The number of nitrogens with one attached hydrogen (secondary N) is 1.